The molecule has 1 aliphatic heterocycles. The van der Waals surface area contributed by atoms with E-state index in [2.05, 4.69) is 223 Å². The Morgan fingerprint density at radius 3 is 1.65 bits per heavy atom. The number of hydrogen-bond donors (Lipinski definition) is 0. The van der Waals surface area contributed by atoms with E-state index in [4.69, 9.17) is 9.47 Å². The predicted octanol–water partition coefficient (Wildman–Crippen LogP) is 15.9. The lowest BCUT2D eigenvalue weighted by Gasteiger charge is -2.31. The van der Waals surface area contributed by atoms with Gasteiger partial charge in [-0.05, 0) is 115 Å². The van der Waals surface area contributed by atoms with Gasteiger partial charge in [-0.15, -0.1) is 0 Å². The maximum Gasteiger partial charge on any atom is 0.178 e. The number of nitrogens with zero attached hydrogens (tertiary/aromatic N) is 1. The Hall–Kier alpha value is -8.14. The fourth-order valence-corrected chi connectivity index (χ4v) is 10.6. The molecule has 0 fully saturated rings. The Labute approximate surface area is 360 Å². The lowest BCUT2D eigenvalue weighted by molar-refractivity contribution is 0.361. The van der Waals surface area contributed by atoms with Crippen molar-refractivity contribution in [1.82, 2.24) is 0 Å². The van der Waals surface area contributed by atoms with Crippen LogP contribution >= 0.6 is 0 Å². The summed E-state index contributed by atoms with van der Waals surface area (Å²) in [5.74, 6) is 2.88. The average Bonchev–Trinajstić information content (AvgIpc) is 3.81. The van der Waals surface area contributed by atoms with Gasteiger partial charge in [-0.25, -0.2) is 0 Å². The zero-order valence-corrected chi connectivity index (χ0v) is 33.6. The molecule has 0 N–H and O–H groups in total. The van der Waals surface area contributed by atoms with Crippen molar-refractivity contribution in [2.45, 2.75) is 5.41 Å². The Morgan fingerprint density at radius 2 is 0.871 bits per heavy atom. The second-order valence-electron chi connectivity index (χ2n) is 16.3. The van der Waals surface area contributed by atoms with E-state index in [0.717, 1.165) is 56.4 Å². The summed E-state index contributed by atoms with van der Waals surface area (Å²) in [4.78, 5) is 2.34. The van der Waals surface area contributed by atoms with E-state index in [0.29, 0.717) is 11.5 Å². The van der Waals surface area contributed by atoms with Crippen molar-refractivity contribution in [1.29, 1.82) is 0 Å². The van der Waals surface area contributed by atoms with E-state index in [1.807, 2.05) is 6.07 Å². The van der Waals surface area contributed by atoms with Gasteiger partial charge in [-0.2, -0.15) is 0 Å². The van der Waals surface area contributed by atoms with Crippen LogP contribution in [0.4, 0.5) is 17.1 Å². The van der Waals surface area contributed by atoms with Crippen LogP contribution in [-0.2, 0) is 5.41 Å². The van der Waals surface area contributed by atoms with Crippen LogP contribution in [-0.4, -0.2) is 0 Å². The number of benzene rings is 10. The van der Waals surface area contributed by atoms with Crippen LogP contribution in [0.15, 0.2) is 224 Å². The SMILES string of the molecule is c1ccc(N(c2cccc(-c3ccccc3-c3cccc4c3Oc3c(ccc5c3-c3ccccc3C53c5ccccc5-c5ccccc53)O4)c2)c2ccc3ccccc3c2)cc1. The van der Waals surface area contributed by atoms with Crippen LogP contribution in [0, 0.1) is 0 Å². The normalized spacial score (nSPS) is 13.2. The maximum absolute atomic E-state index is 7.31. The molecule has 62 heavy (non-hydrogen) atoms. The number of para-hydroxylation sites is 2. The van der Waals surface area contributed by atoms with Gasteiger partial charge in [0.25, 0.3) is 0 Å². The summed E-state index contributed by atoms with van der Waals surface area (Å²) in [5, 5.41) is 2.42. The van der Waals surface area contributed by atoms with Crippen molar-refractivity contribution in [3.05, 3.63) is 247 Å². The zero-order chi connectivity index (χ0) is 40.8. The monoisotopic (exact) mass is 791 g/mol. The summed E-state index contributed by atoms with van der Waals surface area (Å²) in [6.45, 7) is 0. The highest BCUT2D eigenvalue weighted by atomic mass is 16.6. The lowest BCUT2D eigenvalue weighted by atomic mass is 9.70. The molecule has 0 bridgehead atoms. The zero-order valence-electron chi connectivity index (χ0n) is 33.6. The van der Waals surface area contributed by atoms with E-state index in [-0.39, 0.29) is 0 Å². The minimum atomic E-state index is -0.477. The predicted molar refractivity (Wildman–Crippen MR) is 252 cm³/mol. The third-order valence-corrected chi connectivity index (χ3v) is 13.1. The topological polar surface area (TPSA) is 21.7 Å². The molecule has 1 heterocycles. The van der Waals surface area contributed by atoms with Gasteiger partial charge in [0.05, 0.1) is 5.41 Å². The average molecular weight is 792 g/mol. The minimum absolute atomic E-state index is 0.477. The molecule has 0 amide bonds. The standard InChI is InChI=1S/C59H37NO2/c1-2-19-41(20-3-1)60(43-33-32-38-16-4-5-17-39(38)36-43)42-21-14-18-40(37-42)44-22-6-7-23-45(44)48-27-15-31-54-57(48)62-58-55(61-54)35-34-53-56(58)49-26-10-13-30-52(49)59(53)50-28-11-8-24-46(50)47-25-9-12-29-51(47)59/h1-37H. The van der Waals surface area contributed by atoms with Gasteiger partial charge in [0.15, 0.2) is 23.0 Å². The summed E-state index contributed by atoms with van der Waals surface area (Å²) in [5.41, 5.74) is 16.9. The van der Waals surface area contributed by atoms with Gasteiger partial charge in [0.1, 0.15) is 0 Å². The summed E-state index contributed by atoms with van der Waals surface area (Å²) in [7, 11) is 0. The van der Waals surface area contributed by atoms with Crippen LogP contribution in [0.25, 0.3) is 55.3 Å². The first-order valence-corrected chi connectivity index (χ1v) is 21.2. The first-order chi connectivity index (χ1) is 30.8. The smallest absolute Gasteiger partial charge is 0.178 e. The van der Waals surface area contributed by atoms with Crippen molar-refractivity contribution in [2.75, 3.05) is 4.90 Å². The summed E-state index contributed by atoms with van der Waals surface area (Å²) in [6, 6.07) is 80.5. The lowest BCUT2D eigenvalue weighted by Crippen LogP contribution is -2.25. The van der Waals surface area contributed by atoms with Gasteiger partial charge in [-0.1, -0.05) is 176 Å². The van der Waals surface area contributed by atoms with Gasteiger partial charge in [-0.3, -0.25) is 0 Å². The third-order valence-electron chi connectivity index (χ3n) is 13.1. The molecular weight excluding hydrogens is 755 g/mol. The molecule has 0 saturated carbocycles. The molecule has 10 aromatic rings. The van der Waals surface area contributed by atoms with E-state index in [1.54, 1.807) is 0 Å². The van der Waals surface area contributed by atoms with Gasteiger partial charge in [0, 0.05) is 28.2 Å². The highest BCUT2D eigenvalue weighted by Crippen LogP contribution is 2.66. The minimum Gasteiger partial charge on any atom is -0.449 e. The van der Waals surface area contributed by atoms with Gasteiger partial charge >= 0.3 is 0 Å². The molecule has 3 aliphatic rings. The molecule has 0 aromatic heterocycles. The molecule has 0 saturated heterocycles. The Balaban J connectivity index is 0.950. The van der Waals surface area contributed by atoms with Crippen LogP contribution in [0.3, 0.4) is 0 Å². The number of rotatable bonds is 5. The molecule has 10 aromatic carbocycles. The highest BCUT2D eigenvalue weighted by Gasteiger charge is 2.53. The van der Waals surface area contributed by atoms with Crippen LogP contribution in [0.5, 0.6) is 23.0 Å². The van der Waals surface area contributed by atoms with Crippen LogP contribution in [0.2, 0.25) is 0 Å². The van der Waals surface area contributed by atoms with Crippen molar-refractivity contribution in [3.8, 4) is 67.5 Å². The first-order valence-electron chi connectivity index (χ1n) is 21.2. The van der Waals surface area contributed by atoms with E-state index >= 15 is 0 Å². The quantitative estimate of drug-likeness (QED) is 0.173. The number of hydrogen-bond acceptors (Lipinski definition) is 3. The summed E-state index contributed by atoms with van der Waals surface area (Å²) < 4.78 is 14.2. The molecule has 1 spiro atoms. The second kappa shape index (κ2) is 13.4. The third kappa shape index (κ3) is 4.94. The Kier molecular flexibility index (Phi) is 7.52. The number of fused-ring (bicyclic) bond motifs is 14. The molecule has 2 aliphatic carbocycles. The molecule has 3 nitrogen and oxygen atoms in total. The molecule has 0 atom stereocenters. The molecule has 0 radical (unpaired) electrons. The molecule has 13 rings (SSSR count). The highest BCUT2D eigenvalue weighted by molar-refractivity contribution is 5.99. The van der Waals surface area contributed by atoms with Crippen LogP contribution < -0.4 is 14.4 Å². The van der Waals surface area contributed by atoms with Crippen LogP contribution in [0.1, 0.15) is 22.3 Å². The van der Waals surface area contributed by atoms with E-state index < -0.39 is 5.41 Å². The fourth-order valence-electron chi connectivity index (χ4n) is 10.6. The second-order valence-corrected chi connectivity index (χ2v) is 16.3. The summed E-state index contributed by atoms with van der Waals surface area (Å²) >= 11 is 0. The van der Waals surface area contributed by atoms with E-state index in [9.17, 15) is 0 Å². The maximum atomic E-state index is 7.31. The van der Waals surface area contributed by atoms with Gasteiger partial charge < -0.3 is 14.4 Å². The van der Waals surface area contributed by atoms with Gasteiger partial charge in [0.2, 0.25) is 0 Å². The Morgan fingerprint density at radius 1 is 0.306 bits per heavy atom. The van der Waals surface area contributed by atoms with Crippen molar-refractivity contribution >= 4 is 27.8 Å². The Bertz CT molecular complexity index is 3400. The first kappa shape index (κ1) is 34.7. The molecule has 290 valence electrons. The number of ether oxygens (including phenoxy) is 2. The molecular formula is C59H37NO2. The molecule has 0 unspecified atom stereocenters. The fraction of sp³-hybridized carbons (Fsp3) is 0.0169. The van der Waals surface area contributed by atoms with E-state index in [1.165, 1.54) is 49.7 Å². The number of anilines is 3. The van der Waals surface area contributed by atoms with Crippen molar-refractivity contribution in [3.63, 3.8) is 0 Å². The largest absolute Gasteiger partial charge is 0.449 e. The van der Waals surface area contributed by atoms with Crippen molar-refractivity contribution in [2.24, 2.45) is 0 Å². The summed E-state index contributed by atoms with van der Waals surface area (Å²) in [6.07, 6.45) is 0. The van der Waals surface area contributed by atoms with Crippen molar-refractivity contribution < 1.29 is 9.47 Å². The molecule has 3 heteroatoms.